The Morgan fingerprint density at radius 3 is 2.32 bits per heavy atom. The Morgan fingerprint density at radius 1 is 0.920 bits per heavy atom. The topological polar surface area (TPSA) is 60.2 Å². The van der Waals surface area contributed by atoms with Gasteiger partial charge in [0.05, 0.1) is 6.61 Å². The van der Waals surface area contributed by atoms with Crippen LogP contribution in [0, 0.1) is 0 Å². The summed E-state index contributed by atoms with van der Waals surface area (Å²) in [6, 6.07) is 12.8. The number of aromatic hydroxyl groups is 1. The number of aromatic nitrogens is 3. The average molecular weight is 339 g/mol. The molecule has 0 atom stereocenters. The summed E-state index contributed by atoms with van der Waals surface area (Å²) in [5, 5.41) is 19.0. The number of unbranched alkanes of at least 4 members (excludes halogenated alkanes) is 5. The van der Waals surface area contributed by atoms with Gasteiger partial charge in [-0.2, -0.15) is 0 Å². The van der Waals surface area contributed by atoms with Gasteiger partial charge in [0.1, 0.15) is 28.2 Å². The number of ether oxygens (including phenoxy) is 1. The summed E-state index contributed by atoms with van der Waals surface area (Å²) in [6.45, 7) is 2.91. The van der Waals surface area contributed by atoms with E-state index in [-0.39, 0.29) is 5.75 Å². The molecule has 0 saturated carbocycles. The summed E-state index contributed by atoms with van der Waals surface area (Å²) < 4.78 is 5.82. The standard InChI is InChI=1S/C20H25N3O2/c1-2-3-4-5-6-9-14-25-16-12-13-20(24)19(15-16)23-21-17-10-7-8-11-18(17)22-23/h7-8,10-13,15,24H,2-6,9,14H2,1H3. The fraction of sp³-hybridized carbons (Fsp3) is 0.400. The maximum absolute atomic E-state index is 10.1. The van der Waals surface area contributed by atoms with Crippen molar-refractivity contribution < 1.29 is 9.84 Å². The molecule has 1 heterocycles. The monoisotopic (exact) mass is 339 g/mol. The third kappa shape index (κ3) is 4.50. The third-order valence-electron chi connectivity index (χ3n) is 4.22. The minimum absolute atomic E-state index is 0.132. The fourth-order valence-electron chi connectivity index (χ4n) is 2.79. The van der Waals surface area contributed by atoms with Crippen LogP contribution in [0.5, 0.6) is 11.5 Å². The van der Waals surface area contributed by atoms with E-state index in [1.807, 2.05) is 24.3 Å². The van der Waals surface area contributed by atoms with E-state index in [0.29, 0.717) is 12.3 Å². The number of nitrogens with zero attached hydrogens (tertiary/aromatic N) is 3. The van der Waals surface area contributed by atoms with Crippen molar-refractivity contribution in [1.82, 2.24) is 15.0 Å². The van der Waals surface area contributed by atoms with Crippen molar-refractivity contribution >= 4 is 11.0 Å². The van der Waals surface area contributed by atoms with Crippen molar-refractivity contribution in [3.63, 3.8) is 0 Å². The van der Waals surface area contributed by atoms with Gasteiger partial charge in [-0.3, -0.25) is 0 Å². The Balaban J connectivity index is 1.62. The smallest absolute Gasteiger partial charge is 0.143 e. The molecule has 0 spiro atoms. The highest BCUT2D eigenvalue weighted by molar-refractivity contribution is 5.73. The molecule has 5 heteroatoms. The molecule has 0 amide bonds. The van der Waals surface area contributed by atoms with Gasteiger partial charge in [0.25, 0.3) is 0 Å². The first-order valence-corrected chi connectivity index (χ1v) is 9.06. The minimum atomic E-state index is 0.132. The summed E-state index contributed by atoms with van der Waals surface area (Å²) in [7, 11) is 0. The Hall–Kier alpha value is -2.56. The van der Waals surface area contributed by atoms with Crippen LogP contribution in [0.3, 0.4) is 0 Å². The van der Waals surface area contributed by atoms with Gasteiger partial charge in [-0.25, -0.2) is 0 Å². The second-order valence-electron chi connectivity index (χ2n) is 6.24. The van der Waals surface area contributed by atoms with Gasteiger partial charge in [-0.15, -0.1) is 15.0 Å². The van der Waals surface area contributed by atoms with E-state index in [0.717, 1.165) is 23.2 Å². The van der Waals surface area contributed by atoms with Crippen LogP contribution in [0.4, 0.5) is 0 Å². The molecule has 0 aliphatic heterocycles. The highest BCUT2D eigenvalue weighted by Crippen LogP contribution is 2.26. The summed E-state index contributed by atoms with van der Waals surface area (Å²) in [6.07, 6.45) is 7.39. The first kappa shape index (κ1) is 17.3. The van der Waals surface area contributed by atoms with Gasteiger partial charge in [0.2, 0.25) is 0 Å². The lowest BCUT2D eigenvalue weighted by Gasteiger charge is -2.09. The molecule has 25 heavy (non-hydrogen) atoms. The second kappa shape index (κ2) is 8.51. The predicted molar refractivity (Wildman–Crippen MR) is 99.4 cm³/mol. The second-order valence-corrected chi connectivity index (χ2v) is 6.24. The molecule has 1 aromatic heterocycles. The van der Waals surface area contributed by atoms with Gasteiger partial charge in [-0.05, 0) is 30.7 Å². The zero-order chi connectivity index (χ0) is 17.5. The lowest BCUT2D eigenvalue weighted by Crippen LogP contribution is -2.02. The first-order valence-electron chi connectivity index (χ1n) is 9.06. The highest BCUT2D eigenvalue weighted by atomic mass is 16.5. The normalized spacial score (nSPS) is 11.1. The van der Waals surface area contributed by atoms with Crippen molar-refractivity contribution in [1.29, 1.82) is 0 Å². The molecule has 0 bridgehead atoms. The highest BCUT2D eigenvalue weighted by Gasteiger charge is 2.10. The van der Waals surface area contributed by atoms with Crippen LogP contribution in [0.2, 0.25) is 0 Å². The first-order chi connectivity index (χ1) is 12.3. The molecule has 3 rings (SSSR count). The minimum Gasteiger partial charge on any atom is -0.506 e. The van der Waals surface area contributed by atoms with E-state index < -0.39 is 0 Å². The van der Waals surface area contributed by atoms with Gasteiger partial charge < -0.3 is 9.84 Å². The number of rotatable bonds is 9. The number of phenolic OH excluding ortho intramolecular Hbond substituents is 1. The summed E-state index contributed by atoms with van der Waals surface area (Å²) >= 11 is 0. The van der Waals surface area contributed by atoms with Crippen LogP contribution in [0.15, 0.2) is 42.5 Å². The summed E-state index contributed by atoms with van der Waals surface area (Å²) in [4.78, 5) is 1.46. The van der Waals surface area contributed by atoms with Gasteiger partial charge in [0, 0.05) is 6.07 Å². The van der Waals surface area contributed by atoms with Crippen molar-refractivity contribution in [2.24, 2.45) is 0 Å². The van der Waals surface area contributed by atoms with Gasteiger partial charge in [0.15, 0.2) is 0 Å². The van der Waals surface area contributed by atoms with Gasteiger partial charge in [-0.1, -0.05) is 51.2 Å². The van der Waals surface area contributed by atoms with E-state index in [2.05, 4.69) is 17.1 Å². The molecule has 2 aromatic carbocycles. The largest absolute Gasteiger partial charge is 0.506 e. The SMILES string of the molecule is CCCCCCCCOc1ccc(O)c(-n2nc3ccccc3n2)c1. The Kier molecular flexibility index (Phi) is 5.88. The van der Waals surface area contributed by atoms with Crippen LogP contribution in [0.25, 0.3) is 16.7 Å². The molecule has 0 radical (unpaired) electrons. The third-order valence-corrected chi connectivity index (χ3v) is 4.22. The molecule has 0 aliphatic rings. The van der Waals surface area contributed by atoms with E-state index >= 15 is 0 Å². The Labute approximate surface area is 148 Å². The van der Waals surface area contributed by atoms with Crippen LogP contribution in [-0.2, 0) is 0 Å². The molecule has 132 valence electrons. The molecule has 0 saturated heterocycles. The number of fused-ring (bicyclic) bond motifs is 1. The van der Waals surface area contributed by atoms with E-state index in [9.17, 15) is 5.11 Å². The van der Waals surface area contributed by atoms with Gasteiger partial charge >= 0.3 is 0 Å². The maximum Gasteiger partial charge on any atom is 0.143 e. The van der Waals surface area contributed by atoms with Crippen LogP contribution >= 0.6 is 0 Å². The van der Waals surface area contributed by atoms with Crippen LogP contribution < -0.4 is 4.74 Å². The molecule has 3 aromatic rings. The quantitative estimate of drug-likeness (QED) is 0.565. The van der Waals surface area contributed by atoms with E-state index in [1.54, 1.807) is 18.2 Å². The lowest BCUT2D eigenvalue weighted by atomic mass is 10.1. The molecule has 5 nitrogen and oxygen atoms in total. The molecule has 0 unspecified atom stereocenters. The van der Waals surface area contributed by atoms with Crippen molar-refractivity contribution in [2.45, 2.75) is 45.4 Å². The van der Waals surface area contributed by atoms with Crippen molar-refractivity contribution in [2.75, 3.05) is 6.61 Å². The number of phenols is 1. The zero-order valence-corrected chi connectivity index (χ0v) is 14.7. The van der Waals surface area contributed by atoms with E-state index in [4.69, 9.17) is 4.74 Å². The van der Waals surface area contributed by atoms with Crippen LogP contribution in [0.1, 0.15) is 45.4 Å². The van der Waals surface area contributed by atoms with Crippen LogP contribution in [-0.4, -0.2) is 26.7 Å². The van der Waals surface area contributed by atoms with E-state index in [1.165, 1.54) is 36.9 Å². The number of hydrogen-bond acceptors (Lipinski definition) is 4. The molecular formula is C20H25N3O2. The summed E-state index contributed by atoms with van der Waals surface area (Å²) in [5.74, 6) is 0.856. The fourth-order valence-corrected chi connectivity index (χ4v) is 2.79. The van der Waals surface area contributed by atoms with Crippen molar-refractivity contribution in [3.8, 4) is 17.2 Å². The molecule has 0 fully saturated rings. The Bertz CT molecular complexity index is 781. The maximum atomic E-state index is 10.1. The lowest BCUT2D eigenvalue weighted by molar-refractivity contribution is 0.303. The summed E-state index contributed by atoms with van der Waals surface area (Å²) in [5.41, 5.74) is 2.11. The van der Waals surface area contributed by atoms with Crippen molar-refractivity contribution in [3.05, 3.63) is 42.5 Å². The molecular weight excluding hydrogens is 314 g/mol. The average Bonchev–Trinajstić information content (AvgIpc) is 3.06. The Morgan fingerprint density at radius 2 is 1.60 bits per heavy atom. The molecule has 0 aliphatic carbocycles. The zero-order valence-electron chi connectivity index (χ0n) is 14.7. The number of hydrogen-bond donors (Lipinski definition) is 1. The number of benzene rings is 2. The molecule has 1 N–H and O–H groups in total. The predicted octanol–water partition coefficient (Wildman–Crippen LogP) is 4.87.